The van der Waals surface area contributed by atoms with Crippen LogP contribution in [-0.2, 0) is 14.3 Å². The van der Waals surface area contributed by atoms with Crippen molar-refractivity contribution in [2.45, 2.75) is 39.0 Å². The minimum absolute atomic E-state index is 0.179. The van der Waals surface area contributed by atoms with Gasteiger partial charge in [-0.1, -0.05) is 29.8 Å². The summed E-state index contributed by atoms with van der Waals surface area (Å²) in [6, 6.07) is 6.23. The zero-order valence-corrected chi connectivity index (χ0v) is 15.4. The molecule has 2 rings (SSSR count). The third-order valence-electron chi connectivity index (χ3n) is 4.17. The highest BCUT2D eigenvalue weighted by Gasteiger charge is 2.43. The molecule has 0 radical (unpaired) electrons. The molecule has 2 unspecified atom stereocenters. The number of carboxylic acids is 1. The third-order valence-corrected chi connectivity index (χ3v) is 4.52. The van der Waals surface area contributed by atoms with Gasteiger partial charge in [-0.15, -0.1) is 0 Å². The van der Waals surface area contributed by atoms with Crippen LogP contribution in [0.2, 0.25) is 5.02 Å². The van der Waals surface area contributed by atoms with Gasteiger partial charge >= 0.3 is 18.1 Å². The Morgan fingerprint density at radius 1 is 1.19 bits per heavy atom. The molecule has 0 amide bonds. The SMILES string of the molecule is CC1=C(C(=O)O)C(c2ccccc2Cl)C(C(=O)OC(C)C(F)(F)F)=C(C)N1. The molecule has 0 saturated carbocycles. The topological polar surface area (TPSA) is 75.6 Å². The molecule has 2 N–H and O–H groups in total. The number of hydrogen-bond acceptors (Lipinski definition) is 4. The van der Waals surface area contributed by atoms with E-state index in [0.29, 0.717) is 6.92 Å². The van der Waals surface area contributed by atoms with Crippen molar-refractivity contribution in [1.29, 1.82) is 0 Å². The zero-order chi connectivity index (χ0) is 20.5. The predicted molar refractivity (Wildman–Crippen MR) is 92.0 cm³/mol. The maximum absolute atomic E-state index is 12.8. The molecule has 0 aliphatic carbocycles. The van der Waals surface area contributed by atoms with Gasteiger partial charge in [-0.3, -0.25) is 0 Å². The third kappa shape index (κ3) is 4.27. The fourth-order valence-corrected chi connectivity index (χ4v) is 3.10. The Balaban J connectivity index is 2.59. The van der Waals surface area contributed by atoms with Crippen molar-refractivity contribution in [2.75, 3.05) is 0 Å². The zero-order valence-electron chi connectivity index (χ0n) is 14.6. The summed E-state index contributed by atoms with van der Waals surface area (Å²) in [5.74, 6) is -3.77. The molecule has 27 heavy (non-hydrogen) atoms. The molecule has 1 aromatic carbocycles. The summed E-state index contributed by atoms with van der Waals surface area (Å²) in [5.41, 5.74) is 0.304. The second-order valence-corrected chi connectivity index (χ2v) is 6.46. The van der Waals surface area contributed by atoms with Gasteiger partial charge in [0.05, 0.1) is 17.1 Å². The monoisotopic (exact) mass is 403 g/mol. The van der Waals surface area contributed by atoms with E-state index in [2.05, 4.69) is 10.1 Å². The number of dihydropyridines is 1. The highest BCUT2D eigenvalue weighted by molar-refractivity contribution is 6.31. The van der Waals surface area contributed by atoms with Gasteiger partial charge in [-0.2, -0.15) is 13.2 Å². The van der Waals surface area contributed by atoms with Gasteiger partial charge in [0.2, 0.25) is 0 Å². The minimum Gasteiger partial charge on any atom is -0.478 e. The highest BCUT2D eigenvalue weighted by atomic mass is 35.5. The molecule has 1 aromatic rings. The Kier molecular flexibility index (Phi) is 5.89. The van der Waals surface area contributed by atoms with Crippen molar-refractivity contribution in [3.63, 3.8) is 0 Å². The Hall–Kier alpha value is -2.48. The van der Waals surface area contributed by atoms with Crippen LogP contribution in [0.15, 0.2) is 46.8 Å². The first-order chi connectivity index (χ1) is 12.4. The molecule has 0 aromatic heterocycles. The Bertz CT molecular complexity index is 845. The number of halogens is 4. The van der Waals surface area contributed by atoms with Crippen molar-refractivity contribution < 1.29 is 32.6 Å². The van der Waals surface area contributed by atoms with Crippen LogP contribution in [-0.4, -0.2) is 29.3 Å². The average molecular weight is 404 g/mol. The van der Waals surface area contributed by atoms with Crippen molar-refractivity contribution in [1.82, 2.24) is 5.32 Å². The van der Waals surface area contributed by atoms with E-state index < -0.39 is 30.1 Å². The molecule has 0 fully saturated rings. The van der Waals surface area contributed by atoms with Gasteiger partial charge in [0.15, 0.2) is 6.10 Å². The van der Waals surface area contributed by atoms with Crippen molar-refractivity contribution in [3.05, 3.63) is 57.4 Å². The van der Waals surface area contributed by atoms with Gasteiger partial charge in [-0.25, -0.2) is 9.59 Å². The van der Waals surface area contributed by atoms with Crippen LogP contribution < -0.4 is 5.32 Å². The molecule has 0 saturated heterocycles. The lowest BCUT2D eigenvalue weighted by Gasteiger charge is -2.30. The number of nitrogens with one attached hydrogen (secondary N) is 1. The quantitative estimate of drug-likeness (QED) is 0.738. The molecule has 1 aliphatic heterocycles. The number of carboxylic acid groups (broad SMARTS) is 1. The molecule has 5 nitrogen and oxygen atoms in total. The molecule has 1 aliphatic rings. The van der Waals surface area contributed by atoms with Gasteiger partial charge < -0.3 is 15.2 Å². The Morgan fingerprint density at radius 2 is 1.74 bits per heavy atom. The normalized spacial score (nSPS) is 18.9. The molecular formula is C18H17ClF3NO4. The Morgan fingerprint density at radius 3 is 2.26 bits per heavy atom. The first kappa shape index (κ1) is 20.8. The van der Waals surface area contributed by atoms with E-state index in [1.54, 1.807) is 12.1 Å². The van der Waals surface area contributed by atoms with Crippen LogP contribution in [0.4, 0.5) is 13.2 Å². The molecule has 146 valence electrons. The fraction of sp³-hybridized carbons (Fsp3) is 0.333. The summed E-state index contributed by atoms with van der Waals surface area (Å²) >= 11 is 6.18. The number of allylic oxidation sites excluding steroid dienone is 2. The lowest BCUT2D eigenvalue weighted by molar-refractivity contribution is -0.214. The van der Waals surface area contributed by atoms with E-state index >= 15 is 0 Å². The lowest BCUT2D eigenvalue weighted by Crippen LogP contribution is -2.36. The van der Waals surface area contributed by atoms with Crippen LogP contribution in [0.5, 0.6) is 0 Å². The average Bonchev–Trinajstić information content (AvgIpc) is 2.53. The van der Waals surface area contributed by atoms with Gasteiger partial charge in [-0.05, 0) is 32.4 Å². The smallest absolute Gasteiger partial charge is 0.425 e. The fourth-order valence-electron chi connectivity index (χ4n) is 2.86. The minimum atomic E-state index is -4.74. The molecular weight excluding hydrogens is 387 g/mol. The van der Waals surface area contributed by atoms with Crippen LogP contribution >= 0.6 is 11.6 Å². The standard InChI is InChI=1S/C18H17ClF3NO4/c1-8-13(16(24)25)15(11-6-4-5-7-12(11)19)14(9(2)23-8)17(26)27-10(3)18(20,21)22/h4-7,10,15,23H,1-3H3,(H,24,25). The van der Waals surface area contributed by atoms with Crippen LogP contribution in [0.25, 0.3) is 0 Å². The van der Waals surface area contributed by atoms with Crippen molar-refractivity contribution >= 4 is 23.5 Å². The maximum atomic E-state index is 12.8. The molecule has 0 bridgehead atoms. The summed E-state index contributed by atoms with van der Waals surface area (Å²) in [6.45, 7) is 3.66. The molecule has 2 atom stereocenters. The first-order valence-electron chi connectivity index (χ1n) is 7.89. The molecule has 0 spiro atoms. The number of aliphatic carboxylic acids is 1. The van der Waals surface area contributed by atoms with E-state index in [1.165, 1.54) is 26.0 Å². The van der Waals surface area contributed by atoms with E-state index in [1.807, 2.05) is 0 Å². The highest BCUT2D eigenvalue weighted by Crippen LogP contribution is 2.41. The number of esters is 1. The predicted octanol–water partition coefficient (Wildman–Crippen LogP) is 4.15. The summed E-state index contributed by atoms with van der Waals surface area (Å²) < 4.78 is 42.9. The van der Waals surface area contributed by atoms with Gasteiger partial charge in [0.25, 0.3) is 0 Å². The van der Waals surface area contributed by atoms with E-state index in [-0.39, 0.29) is 33.1 Å². The summed E-state index contributed by atoms with van der Waals surface area (Å²) in [4.78, 5) is 24.4. The summed E-state index contributed by atoms with van der Waals surface area (Å²) in [7, 11) is 0. The van der Waals surface area contributed by atoms with Crippen molar-refractivity contribution in [3.8, 4) is 0 Å². The molecule has 1 heterocycles. The van der Waals surface area contributed by atoms with Crippen LogP contribution in [0.1, 0.15) is 32.3 Å². The van der Waals surface area contributed by atoms with Crippen LogP contribution in [0.3, 0.4) is 0 Å². The van der Waals surface area contributed by atoms with Crippen molar-refractivity contribution in [2.24, 2.45) is 0 Å². The number of carbonyl (C=O) groups excluding carboxylic acids is 1. The number of hydrogen-bond donors (Lipinski definition) is 2. The molecule has 9 heteroatoms. The Labute approximate surface area is 158 Å². The number of carbonyl (C=O) groups is 2. The maximum Gasteiger partial charge on any atom is 0.425 e. The summed E-state index contributed by atoms with van der Waals surface area (Å²) in [6.07, 6.45) is -7.09. The number of rotatable bonds is 4. The number of alkyl halides is 3. The van der Waals surface area contributed by atoms with Crippen LogP contribution in [0, 0.1) is 0 Å². The number of benzene rings is 1. The number of ether oxygens (including phenoxy) is 1. The largest absolute Gasteiger partial charge is 0.478 e. The first-order valence-corrected chi connectivity index (χ1v) is 8.26. The van der Waals surface area contributed by atoms with E-state index in [4.69, 9.17) is 11.6 Å². The van der Waals surface area contributed by atoms with Gasteiger partial charge in [0, 0.05) is 16.4 Å². The van der Waals surface area contributed by atoms with E-state index in [9.17, 15) is 27.9 Å². The van der Waals surface area contributed by atoms with Gasteiger partial charge in [0.1, 0.15) is 0 Å². The van der Waals surface area contributed by atoms with E-state index in [0.717, 1.165) is 0 Å². The summed E-state index contributed by atoms with van der Waals surface area (Å²) in [5, 5.41) is 12.5. The second-order valence-electron chi connectivity index (χ2n) is 6.05. The lowest BCUT2D eigenvalue weighted by atomic mass is 9.80. The second kappa shape index (κ2) is 7.64.